The van der Waals surface area contributed by atoms with Crippen LogP contribution in [-0.2, 0) is 11.2 Å². The Morgan fingerprint density at radius 3 is 2.46 bits per heavy atom. The van der Waals surface area contributed by atoms with Crippen LogP contribution in [0.2, 0.25) is 0 Å². The van der Waals surface area contributed by atoms with Gasteiger partial charge < -0.3 is 10.6 Å². The number of fused-ring (bicyclic) bond motifs is 1. The Balaban J connectivity index is 1.78. The van der Waals surface area contributed by atoms with E-state index in [0.717, 1.165) is 24.1 Å². The number of carbonyl (C=O) groups is 2. The third-order valence-electron chi connectivity index (χ3n) is 4.81. The first-order valence-electron chi connectivity index (χ1n) is 9.78. The number of carbonyl (C=O) groups excluding carboxylic acids is 2. The monoisotopic (exact) mass is 381 g/mol. The lowest BCUT2D eigenvalue weighted by atomic mass is 10.1. The highest BCUT2D eigenvalue weighted by Crippen LogP contribution is 2.31. The molecule has 2 N–H and O–H groups in total. The van der Waals surface area contributed by atoms with Crippen LogP contribution in [-0.4, -0.2) is 33.9 Å². The van der Waals surface area contributed by atoms with Crippen molar-refractivity contribution in [1.29, 1.82) is 0 Å². The molecule has 0 unspecified atom stereocenters. The molecule has 0 radical (unpaired) electrons. The van der Waals surface area contributed by atoms with Gasteiger partial charge in [0.1, 0.15) is 5.82 Å². The van der Waals surface area contributed by atoms with Gasteiger partial charge in [-0.1, -0.05) is 13.8 Å². The van der Waals surface area contributed by atoms with E-state index in [2.05, 4.69) is 34.4 Å². The van der Waals surface area contributed by atoms with E-state index >= 15 is 0 Å². The molecular formula is C21H27N5O2. The minimum atomic E-state index is -0.102. The molecule has 0 saturated heterocycles. The van der Waals surface area contributed by atoms with Crippen LogP contribution in [0.15, 0.2) is 30.5 Å². The van der Waals surface area contributed by atoms with Crippen LogP contribution >= 0.6 is 0 Å². The standard InChI is InChI=1S/C21H27N5O2/c1-5-17(6-2)26-18(27)11-15-12-22-21(25-19(15)26)24-16-9-7-14(8-10-16)20(28)23-13(3)4/h7-10,12-13,17H,5-6,11H2,1-4H3,(H,23,28)(H,22,24,25). The molecule has 0 saturated carbocycles. The average molecular weight is 381 g/mol. The van der Waals surface area contributed by atoms with Crippen molar-refractivity contribution in [3.05, 3.63) is 41.6 Å². The van der Waals surface area contributed by atoms with Crippen molar-refractivity contribution < 1.29 is 9.59 Å². The second-order valence-electron chi connectivity index (χ2n) is 7.28. The quantitative estimate of drug-likeness (QED) is 0.767. The third kappa shape index (κ3) is 4.13. The van der Waals surface area contributed by atoms with Crippen molar-refractivity contribution in [3.63, 3.8) is 0 Å². The molecule has 0 aliphatic carbocycles. The van der Waals surface area contributed by atoms with Gasteiger partial charge >= 0.3 is 0 Å². The van der Waals surface area contributed by atoms with Crippen LogP contribution in [0.25, 0.3) is 0 Å². The zero-order valence-electron chi connectivity index (χ0n) is 16.8. The van der Waals surface area contributed by atoms with E-state index in [1.807, 2.05) is 30.9 Å². The van der Waals surface area contributed by atoms with Gasteiger partial charge in [-0.2, -0.15) is 4.98 Å². The summed E-state index contributed by atoms with van der Waals surface area (Å²) in [6.45, 7) is 8.01. The molecule has 7 heteroatoms. The predicted octanol–water partition coefficient (Wildman–Crippen LogP) is 3.44. The van der Waals surface area contributed by atoms with Crippen molar-refractivity contribution in [1.82, 2.24) is 15.3 Å². The Morgan fingerprint density at radius 1 is 1.18 bits per heavy atom. The number of nitrogens with zero attached hydrogens (tertiary/aromatic N) is 3. The zero-order chi connectivity index (χ0) is 20.3. The fourth-order valence-corrected chi connectivity index (χ4v) is 3.37. The topological polar surface area (TPSA) is 87.2 Å². The number of hydrogen-bond acceptors (Lipinski definition) is 5. The molecule has 2 amide bonds. The van der Waals surface area contributed by atoms with Gasteiger partial charge in [0.15, 0.2) is 0 Å². The molecule has 0 fully saturated rings. The van der Waals surface area contributed by atoms with Gasteiger partial charge in [0.25, 0.3) is 5.91 Å². The minimum Gasteiger partial charge on any atom is -0.350 e. The molecule has 0 atom stereocenters. The van der Waals surface area contributed by atoms with Gasteiger partial charge in [0, 0.05) is 35.1 Å². The molecule has 148 valence electrons. The molecule has 28 heavy (non-hydrogen) atoms. The molecule has 1 aliphatic heterocycles. The fraction of sp³-hybridized carbons (Fsp3) is 0.429. The van der Waals surface area contributed by atoms with E-state index in [-0.39, 0.29) is 23.9 Å². The Morgan fingerprint density at radius 2 is 1.86 bits per heavy atom. The Hall–Kier alpha value is -2.96. The molecule has 0 bridgehead atoms. The second-order valence-corrected chi connectivity index (χ2v) is 7.28. The summed E-state index contributed by atoms with van der Waals surface area (Å²) >= 11 is 0. The van der Waals surface area contributed by atoms with Gasteiger partial charge in [-0.05, 0) is 51.0 Å². The lowest BCUT2D eigenvalue weighted by molar-refractivity contribution is -0.117. The van der Waals surface area contributed by atoms with Crippen LogP contribution in [0.1, 0.15) is 56.5 Å². The normalized spacial score (nSPS) is 13.2. The molecule has 1 aromatic heterocycles. The summed E-state index contributed by atoms with van der Waals surface area (Å²) in [5.41, 5.74) is 2.24. The number of nitrogens with one attached hydrogen (secondary N) is 2. The van der Waals surface area contributed by atoms with Crippen LogP contribution in [0.3, 0.4) is 0 Å². The van der Waals surface area contributed by atoms with Crippen molar-refractivity contribution in [2.45, 2.75) is 59.0 Å². The largest absolute Gasteiger partial charge is 0.350 e. The maximum atomic E-state index is 12.4. The van der Waals surface area contributed by atoms with Crippen LogP contribution in [0, 0.1) is 0 Å². The van der Waals surface area contributed by atoms with Crippen LogP contribution in [0.5, 0.6) is 0 Å². The third-order valence-corrected chi connectivity index (χ3v) is 4.81. The van der Waals surface area contributed by atoms with Gasteiger partial charge in [0.05, 0.1) is 6.42 Å². The maximum absolute atomic E-state index is 12.4. The summed E-state index contributed by atoms with van der Waals surface area (Å²) in [5, 5.41) is 6.02. The van der Waals surface area contributed by atoms with Crippen molar-refractivity contribution in [2.75, 3.05) is 10.2 Å². The number of hydrogen-bond donors (Lipinski definition) is 2. The first kappa shape index (κ1) is 19.8. The molecule has 0 spiro atoms. The van der Waals surface area contributed by atoms with E-state index in [1.54, 1.807) is 18.3 Å². The minimum absolute atomic E-state index is 0.0793. The lowest BCUT2D eigenvalue weighted by Gasteiger charge is -2.25. The summed E-state index contributed by atoms with van der Waals surface area (Å²) < 4.78 is 0. The van der Waals surface area contributed by atoms with E-state index in [4.69, 9.17) is 0 Å². The summed E-state index contributed by atoms with van der Waals surface area (Å²) in [6, 6.07) is 7.38. The van der Waals surface area contributed by atoms with E-state index in [0.29, 0.717) is 23.8 Å². The number of anilines is 3. The Bertz CT molecular complexity index is 860. The molecule has 1 aliphatic rings. The number of amides is 2. The first-order chi connectivity index (χ1) is 13.4. The highest BCUT2D eigenvalue weighted by molar-refractivity contribution is 6.00. The summed E-state index contributed by atoms with van der Waals surface area (Å²) in [4.78, 5) is 35.2. The van der Waals surface area contributed by atoms with Gasteiger partial charge in [0.2, 0.25) is 11.9 Å². The zero-order valence-corrected chi connectivity index (χ0v) is 16.8. The van der Waals surface area contributed by atoms with E-state index in [1.165, 1.54) is 0 Å². The van der Waals surface area contributed by atoms with E-state index < -0.39 is 0 Å². The predicted molar refractivity (Wildman–Crippen MR) is 110 cm³/mol. The van der Waals surface area contributed by atoms with Crippen molar-refractivity contribution in [3.8, 4) is 0 Å². The van der Waals surface area contributed by atoms with Crippen LogP contribution in [0.4, 0.5) is 17.5 Å². The van der Waals surface area contributed by atoms with Gasteiger partial charge in [-0.3, -0.25) is 14.5 Å². The first-order valence-corrected chi connectivity index (χ1v) is 9.78. The molecule has 2 heterocycles. The average Bonchev–Trinajstić information content (AvgIpc) is 2.98. The Labute approximate surface area is 165 Å². The van der Waals surface area contributed by atoms with Crippen LogP contribution < -0.4 is 15.5 Å². The van der Waals surface area contributed by atoms with Crippen molar-refractivity contribution >= 4 is 29.3 Å². The Kier molecular flexibility index (Phi) is 5.92. The van der Waals surface area contributed by atoms with Gasteiger partial charge in [-0.15, -0.1) is 0 Å². The molecular weight excluding hydrogens is 354 g/mol. The summed E-state index contributed by atoms with van der Waals surface area (Å²) in [5.74, 6) is 1.11. The highest BCUT2D eigenvalue weighted by Gasteiger charge is 2.33. The molecule has 7 nitrogen and oxygen atoms in total. The summed E-state index contributed by atoms with van der Waals surface area (Å²) in [6.07, 6.45) is 3.84. The number of benzene rings is 1. The maximum Gasteiger partial charge on any atom is 0.251 e. The highest BCUT2D eigenvalue weighted by atomic mass is 16.2. The fourth-order valence-electron chi connectivity index (χ4n) is 3.37. The molecule has 1 aromatic carbocycles. The number of rotatable bonds is 7. The molecule has 3 rings (SSSR count). The lowest BCUT2D eigenvalue weighted by Crippen LogP contribution is -2.37. The smallest absolute Gasteiger partial charge is 0.251 e. The SMILES string of the molecule is CCC(CC)N1C(=O)Cc2cnc(Nc3ccc(C(=O)NC(C)C)cc3)nc21. The molecule has 2 aromatic rings. The van der Waals surface area contributed by atoms with Crippen molar-refractivity contribution in [2.24, 2.45) is 0 Å². The number of aromatic nitrogens is 2. The van der Waals surface area contributed by atoms with E-state index in [9.17, 15) is 9.59 Å². The van der Waals surface area contributed by atoms with Gasteiger partial charge in [-0.25, -0.2) is 4.98 Å². The second kappa shape index (κ2) is 8.37. The summed E-state index contributed by atoms with van der Waals surface area (Å²) in [7, 11) is 0.